The Hall–Kier alpha value is -1.96. The van der Waals surface area contributed by atoms with Crippen LogP contribution in [-0.4, -0.2) is 84.0 Å². The number of carbonyl (C=O) groups excluding carboxylic acids is 1. The fourth-order valence-corrected chi connectivity index (χ4v) is 5.37. The molecule has 29 heavy (non-hydrogen) atoms. The lowest BCUT2D eigenvalue weighted by atomic mass is 9.80. The Balaban J connectivity index is 1.68. The van der Waals surface area contributed by atoms with Gasteiger partial charge in [0, 0.05) is 32.2 Å². The molecule has 7 nitrogen and oxygen atoms in total. The van der Waals surface area contributed by atoms with E-state index in [4.69, 9.17) is 5.73 Å². The number of nitrogens with two attached hydrogens (primary N) is 1. The summed E-state index contributed by atoms with van der Waals surface area (Å²) in [6, 6.07) is 3.50. The molecular weight excluding hydrogens is 368 g/mol. The molecular formula is C22H32N4O3. The molecule has 2 unspecified atom stereocenters. The van der Waals surface area contributed by atoms with Gasteiger partial charge in [-0.15, -0.1) is 0 Å². The van der Waals surface area contributed by atoms with Crippen LogP contribution in [0.2, 0.25) is 0 Å². The highest BCUT2D eigenvalue weighted by molar-refractivity contribution is 5.94. The third-order valence-electron chi connectivity index (χ3n) is 6.97. The predicted octanol–water partition coefficient (Wildman–Crippen LogP) is 1.11. The normalized spacial score (nSPS) is 24.9. The zero-order valence-corrected chi connectivity index (χ0v) is 17.3. The third-order valence-corrected chi connectivity index (χ3v) is 6.97. The number of carboxylic acid groups (broad SMARTS) is 1. The smallest absolute Gasteiger partial charge is 0.336 e. The van der Waals surface area contributed by atoms with Crippen LogP contribution >= 0.6 is 0 Å². The lowest BCUT2D eigenvalue weighted by Crippen LogP contribution is -2.50. The number of benzene rings is 1. The first-order chi connectivity index (χ1) is 14.0. The molecule has 0 radical (unpaired) electrons. The van der Waals surface area contributed by atoms with Gasteiger partial charge < -0.3 is 15.7 Å². The van der Waals surface area contributed by atoms with E-state index >= 15 is 0 Å². The molecule has 0 spiro atoms. The van der Waals surface area contributed by atoms with Crippen LogP contribution in [0.4, 0.5) is 0 Å². The minimum Gasteiger partial charge on any atom is -0.478 e. The molecule has 4 rings (SSSR count). The van der Waals surface area contributed by atoms with E-state index in [1.165, 1.54) is 5.56 Å². The van der Waals surface area contributed by atoms with Gasteiger partial charge in [-0.1, -0.05) is 6.07 Å². The van der Waals surface area contributed by atoms with Crippen LogP contribution in [0.25, 0.3) is 0 Å². The molecule has 0 saturated carbocycles. The quantitative estimate of drug-likeness (QED) is 0.770. The minimum atomic E-state index is -0.977. The van der Waals surface area contributed by atoms with Crippen LogP contribution < -0.4 is 5.73 Å². The number of nitrogens with zero attached hydrogens (tertiary/aromatic N) is 3. The monoisotopic (exact) mass is 400 g/mol. The van der Waals surface area contributed by atoms with Crippen LogP contribution in [-0.2, 0) is 17.6 Å². The van der Waals surface area contributed by atoms with Crippen LogP contribution in [0, 0.1) is 0 Å². The minimum absolute atomic E-state index is 0.234. The van der Waals surface area contributed by atoms with E-state index in [1.807, 2.05) is 6.07 Å². The number of hydrogen-bond acceptors (Lipinski definition) is 5. The van der Waals surface area contributed by atoms with Gasteiger partial charge >= 0.3 is 5.97 Å². The predicted molar refractivity (Wildman–Crippen MR) is 111 cm³/mol. The summed E-state index contributed by atoms with van der Waals surface area (Å²) in [6.45, 7) is 5.92. The summed E-state index contributed by atoms with van der Waals surface area (Å²) in [7, 11) is 2.16. The van der Waals surface area contributed by atoms with Crippen LogP contribution in [0.1, 0.15) is 52.4 Å². The Labute approximate surface area is 172 Å². The maximum Gasteiger partial charge on any atom is 0.336 e. The number of aromatic carboxylic acids is 1. The number of hydrogen-bond donors (Lipinski definition) is 2. The number of fused-ring (bicyclic) bond motifs is 1. The first-order valence-electron chi connectivity index (χ1n) is 10.8. The summed E-state index contributed by atoms with van der Waals surface area (Å²) < 4.78 is 0. The number of carbonyl (C=O) groups is 2. The number of amides is 1. The van der Waals surface area contributed by atoms with Gasteiger partial charge in [0.05, 0.1) is 5.56 Å². The summed E-state index contributed by atoms with van der Waals surface area (Å²) >= 11 is 0. The fourth-order valence-electron chi connectivity index (χ4n) is 5.37. The fraction of sp³-hybridized carbons (Fsp3) is 0.636. The van der Waals surface area contributed by atoms with Gasteiger partial charge in [-0.2, -0.15) is 0 Å². The molecule has 1 aromatic carbocycles. The van der Waals surface area contributed by atoms with Crippen molar-refractivity contribution in [3.63, 3.8) is 0 Å². The second-order valence-electron chi connectivity index (χ2n) is 8.75. The molecule has 0 aromatic heterocycles. The Kier molecular flexibility index (Phi) is 5.90. The molecule has 1 aliphatic carbocycles. The molecule has 3 N–H and O–H groups in total. The molecule has 1 amide bonds. The molecule has 2 atom stereocenters. The van der Waals surface area contributed by atoms with Gasteiger partial charge in [0.2, 0.25) is 5.91 Å². The third kappa shape index (κ3) is 4.04. The SMILES string of the molecule is CN1CCN(C2CCc3c(ccc(C(=O)O)c3C(C(N)=O)N3CCCC3)C2)CC1. The second-order valence-corrected chi connectivity index (χ2v) is 8.75. The summed E-state index contributed by atoms with van der Waals surface area (Å²) in [5, 5.41) is 9.84. The number of likely N-dealkylation sites (N-methyl/N-ethyl adjacent to an activating group) is 1. The highest BCUT2D eigenvalue weighted by Gasteiger charge is 2.36. The molecule has 158 valence electrons. The zero-order valence-electron chi connectivity index (χ0n) is 17.3. The largest absolute Gasteiger partial charge is 0.478 e. The topological polar surface area (TPSA) is 90.1 Å². The van der Waals surface area contributed by atoms with Crippen molar-refractivity contribution in [1.29, 1.82) is 0 Å². The Morgan fingerprint density at radius 2 is 1.79 bits per heavy atom. The van der Waals surface area contributed by atoms with E-state index in [1.54, 1.807) is 6.07 Å². The summed E-state index contributed by atoms with van der Waals surface area (Å²) in [6.07, 6.45) is 4.76. The van der Waals surface area contributed by atoms with Crippen molar-refractivity contribution >= 4 is 11.9 Å². The van der Waals surface area contributed by atoms with Crippen molar-refractivity contribution in [2.45, 2.75) is 44.2 Å². The van der Waals surface area contributed by atoms with Crippen molar-refractivity contribution in [3.8, 4) is 0 Å². The number of piperazine rings is 1. The first-order valence-corrected chi connectivity index (χ1v) is 10.8. The van der Waals surface area contributed by atoms with Crippen molar-refractivity contribution in [2.24, 2.45) is 5.73 Å². The standard InChI is InChI=1S/C22H32N4O3/c1-24-10-12-25(13-11-24)16-5-7-17-15(14-16)4-6-18(22(28)29)19(17)20(21(23)27)26-8-2-3-9-26/h4,6,16,20H,2-3,5,7-14H2,1H3,(H2,23,27)(H,28,29). The van der Waals surface area contributed by atoms with E-state index in [-0.39, 0.29) is 5.56 Å². The van der Waals surface area contributed by atoms with Crippen LogP contribution in [0.3, 0.4) is 0 Å². The summed E-state index contributed by atoms with van der Waals surface area (Å²) in [5.74, 6) is -1.42. The summed E-state index contributed by atoms with van der Waals surface area (Å²) in [5.41, 5.74) is 8.94. The van der Waals surface area contributed by atoms with Gasteiger partial charge in [0.15, 0.2) is 0 Å². The van der Waals surface area contributed by atoms with Crippen LogP contribution in [0.15, 0.2) is 12.1 Å². The maximum atomic E-state index is 12.5. The molecule has 1 aromatic rings. The zero-order chi connectivity index (χ0) is 20.5. The Morgan fingerprint density at radius 1 is 1.10 bits per heavy atom. The lowest BCUT2D eigenvalue weighted by molar-refractivity contribution is -0.123. The number of carboxylic acids is 1. The van der Waals surface area contributed by atoms with Crippen molar-refractivity contribution in [1.82, 2.24) is 14.7 Å². The highest BCUT2D eigenvalue weighted by atomic mass is 16.4. The summed E-state index contributed by atoms with van der Waals surface area (Å²) in [4.78, 5) is 31.5. The van der Waals surface area contributed by atoms with Gasteiger partial charge in [-0.25, -0.2) is 4.79 Å². The molecule has 3 aliphatic rings. The van der Waals surface area contributed by atoms with E-state index in [0.717, 1.165) is 76.9 Å². The van der Waals surface area contributed by atoms with E-state index in [0.29, 0.717) is 11.6 Å². The second kappa shape index (κ2) is 8.42. The van der Waals surface area contributed by atoms with Crippen molar-refractivity contribution < 1.29 is 14.7 Å². The van der Waals surface area contributed by atoms with E-state index in [2.05, 4.69) is 21.7 Å². The molecule has 2 heterocycles. The van der Waals surface area contributed by atoms with Crippen molar-refractivity contribution in [3.05, 3.63) is 34.4 Å². The van der Waals surface area contributed by atoms with Gasteiger partial charge in [0.1, 0.15) is 6.04 Å². The molecule has 2 aliphatic heterocycles. The number of primary amides is 1. The highest BCUT2D eigenvalue weighted by Crippen LogP contribution is 2.36. The van der Waals surface area contributed by atoms with Gasteiger partial charge in [-0.05, 0) is 75.0 Å². The number of rotatable bonds is 5. The maximum absolute atomic E-state index is 12.5. The number of likely N-dealkylation sites (tertiary alicyclic amines) is 1. The van der Waals surface area contributed by atoms with Gasteiger partial charge in [0.25, 0.3) is 0 Å². The first kappa shape index (κ1) is 20.3. The molecule has 2 fully saturated rings. The van der Waals surface area contributed by atoms with E-state index in [9.17, 15) is 14.7 Å². The molecule has 0 bridgehead atoms. The Bertz CT molecular complexity index is 783. The van der Waals surface area contributed by atoms with E-state index < -0.39 is 17.9 Å². The molecule has 2 saturated heterocycles. The molecule has 7 heteroatoms. The average Bonchev–Trinajstić information content (AvgIpc) is 3.22. The van der Waals surface area contributed by atoms with Gasteiger partial charge in [-0.3, -0.25) is 14.6 Å². The van der Waals surface area contributed by atoms with Crippen molar-refractivity contribution in [2.75, 3.05) is 46.3 Å². The van der Waals surface area contributed by atoms with Crippen LogP contribution in [0.5, 0.6) is 0 Å². The Morgan fingerprint density at radius 3 is 2.41 bits per heavy atom. The average molecular weight is 401 g/mol. The lowest BCUT2D eigenvalue weighted by Gasteiger charge is -2.41.